The molecule has 2 amide bonds. The smallest absolute Gasteiger partial charge is 0.266 e. The number of rotatable bonds is 19. The van der Waals surface area contributed by atoms with Gasteiger partial charge in [0.2, 0.25) is 5.91 Å². The van der Waals surface area contributed by atoms with E-state index in [0.29, 0.717) is 41.4 Å². The van der Waals surface area contributed by atoms with Gasteiger partial charge in [0, 0.05) is 42.7 Å². The molecule has 1 fully saturated rings. The molecule has 1 aliphatic rings. The number of halogens is 1. The van der Waals surface area contributed by atoms with Crippen molar-refractivity contribution in [3.63, 3.8) is 0 Å². The number of benzene rings is 2. The quantitative estimate of drug-likeness (QED) is 0.0840. The Kier molecular flexibility index (Phi) is 16.9. The molecule has 49 heavy (non-hydrogen) atoms. The number of carbonyl (C=O) groups excluding carboxylic acids is 3. The van der Waals surface area contributed by atoms with E-state index in [1.54, 1.807) is 74.3 Å². The molecular weight excluding hydrogens is 632 g/mol. The number of allylic oxidation sites excluding steroid dienone is 10. The van der Waals surface area contributed by atoms with Crippen LogP contribution >= 0.6 is 11.6 Å². The number of likely N-dealkylation sites (N-methyl/N-ethyl adjacent to an activating group) is 1. The SMILES string of the molecule is CCC=CCC=CCC=CCC=CCC=CCCCC(=O)N1CC[C@H](N(C)C(=O)C(C)(C)Oc2ccc(C(=O)c3ccc(Cl)cc3)cc2)C1. The third-order valence-corrected chi connectivity index (χ3v) is 8.67. The average molecular weight is 685 g/mol. The molecule has 0 bridgehead atoms. The Balaban J connectivity index is 1.33. The molecule has 0 aromatic heterocycles. The Morgan fingerprint density at radius 1 is 0.816 bits per heavy atom. The molecule has 0 aliphatic carbocycles. The average Bonchev–Trinajstić information content (AvgIpc) is 3.60. The second-order valence-electron chi connectivity index (χ2n) is 12.8. The molecule has 1 heterocycles. The molecular formula is C42H53ClN2O4. The summed E-state index contributed by atoms with van der Waals surface area (Å²) < 4.78 is 6.10. The zero-order valence-electron chi connectivity index (χ0n) is 29.7. The summed E-state index contributed by atoms with van der Waals surface area (Å²) in [6.45, 7) is 6.80. The number of hydrogen-bond acceptors (Lipinski definition) is 4. The summed E-state index contributed by atoms with van der Waals surface area (Å²) in [4.78, 5) is 42.7. The van der Waals surface area contributed by atoms with Crippen LogP contribution in [-0.4, -0.2) is 59.2 Å². The van der Waals surface area contributed by atoms with Crippen LogP contribution in [0.5, 0.6) is 5.75 Å². The lowest BCUT2D eigenvalue weighted by Crippen LogP contribution is -2.51. The van der Waals surface area contributed by atoms with Crippen molar-refractivity contribution in [2.45, 2.75) is 90.2 Å². The van der Waals surface area contributed by atoms with Gasteiger partial charge in [0.05, 0.1) is 6.04 Å². The molecule has 262 valence electrons. The number of ketones is 1. The van der Waals surface area contributed by atoms with Crippen LogP contribution in [0.1, 0.15) is 94.5 Å². The fourth-order valence-corrected chi connectivity index (χ4v) is 5.68. The van der Waals surface area contributed by atoms with E-state index in [2.05, 4.69) is 67.7 Å². The largest absolute Gasteiger partial charge is 0.478 e. The Labute approximate surface area is 298 Å². The maximum Gasteiger partial charge on any atom is 0.266 e. The molecule has 3 rings (SSSR count). The van der Waals surface area contributed by atoms with Crippen molar-refractivity contribution < 1.29 is 19.1 Å². The van der Waals surface area contributed by atoms with Crippen molar-refractivity contribution >= 4 is 29.2 Å². The van der Waals surface area contributed by atoms with Crippen molar-refractivity contribution in [1.29, 1.82) is 0 Å². The Hall–Kier alpha value is -4.16. The first-order valence-corrected chi connectivity index (χ1v) is 17.9. The highest BCUT2D eigenvalue weighted by Gasteiger charge is 2.38. The van der Waals surface area contributed by atoms with E-state index in [9.17, 15) is 14.4 Å². The van der Waals surface area contributed by atoms with E-state index in [-0.39, 0.29) is 23.6 Å². The van der Waals surface area contributed by atoms with E-state index in [1.165, 1.54) is 0 Å². The van der Waals surface area contributed by atoms with Crippen molar-refractivity contribution in [1.82, 2.24) is 9.80 Å². The highest BCUT2D eigenvalue weighted by Crippen LogP contribution is 2.25. The van der Waals surface area contributed by atoms with Crippen LogP contribution in [0, 0.1) is 0 Å². The summed E-state index contributed by atoms with van der Waals surface area (Å²) in [5, 5.41) is 0.571. The number of nitrogens with zero attached hydrogens (tertiary/aromatic N) is 2. The zero-order valence-corrected chi connectivity index (χ0v) is 30.4. The van der Waals surface area contributed by atoms with Gasteiger partial charge in [0.15, 0.2) is 11.4 Å². The van der Waals surface area contributed by atoms with Crippen molar-refractivity contribution in [3.8, 4) is 5.75 Å². The number of likely N-dealkylation sites (tertiary alicyclic amines) is 1. The minimum Gasteiger partial charge on any atom is -0.478 e. The van der Waals surface area contributed by atoms with Gasteiger partial charge in [-0.05, 0) is 114 Å². The summed E-state index contributed by atoms with van der Waals surface area (Å²) in [5.74, 6) is 0.355. The molecule has 2 aromatic carbocycles. The van der Waals surface area contributed by atoms with Crippen LogP contribution in [0.25, 0.3) is 0 Å². The molecule has 1 aliphatic heterocycles. The molecule has 6 nitrogen and oxygen atoms in total. The minimum atomic E-state index is -1.13. The topological polar surface area (TPSA) is 66.9 Å². The summed E-state index contributed by atoms with van der Waals surface area (Å²) >= 11 is 5.94. The Morgan fingerprint density at radius 3 is 1.88 bits per heavy atom. The van der Waals surface area contributed by atoms with Crippen LogP contribution in [-0.2, 0) is 9.59 Å². The lowest BCUT2D eigenvalue weighted by molar-refractivity contribution is -0.146. The monoisotopic (exact) mass is 684 g/mol. The standard InChI is InChI=1S/C42H53ClN2O4/c1-5-6-7-8-9-10-11-12-13-14-15-16-17-18-19-20-21-22-39(46)45-32-31-37(33-45)44(4)41(48)42(2,3)49-38-29-25-35(26-30-38)40(47)34-23-27-36(43)28-24-34/h6-7,9-10,12-13,15-16,18-19,23-30,37H,5,8,11,14,17,20-22,31-33H2,1-4H3/t37-/m0/s1. The van der Waals surface area contributed by atoms with Crippen LogP contribution < -0.4 is 4.74 Å². The Morgan fingerprint density at radius 2 is 1.33 bits per heavy atom. The highest BCUT2D eigenvalue weighted by atomic mass is 35.5. The van der Waals surface area contributed by atoms with Gasteiger partial charge in [-0.25, -0.2) is 0 Å². The predicted molar refractivity (Wildman–Crippen MR) is 202 cm³/mol. The van der Waals surface area contributed by atoms with Gasteiger partial charge < -0.3 is 14.5 Å². The van der Waals surface area contributed by atoms with Crippen molar-refractivity contribution in [2.75, 3.05) is 20.1 Å². The number of hydrogen-bond donors (Lipinski definition) is 0. The predicted octanol–water partition coefficient (Wildman–Crippen LogP) is 9.71. The van der Waals surface area contributed by atoms with Gasteiger partial charge in [-0.2, -0.15) is 0 Å². The molecule has 2 aromatic rings. The fourth-order valence-electron chi connectivity index (χ4n) is 5.55. The molecule has 0 radical (unpaired) electrons. The van der Waals surface area contributed by atoms with E-state index in [4.69, 9.17) is 16.3 Å². The Bertz CT molecular complexity index is 1490. The second kappa shape index (κ2) is 21.0. The second-order valence-corrected chi connectivity index (χ2v) is 13.2. The first-order chi connectivity index (χ1) is 23.6. The van der Waals surface area contributed by atoms with E-state index in [0.717, 1.165) is 51.4 Å². The first kappa shape index (κ1) is 39.3. The van der Waals surface area contributed by atoms with Crippen LogP contribution in [0.2, 0.25) is 5.02 Å². The van der Waals surface area contributed by atoms with Gasteiger partial charge in [0.1, 0.15) is 5.75 Å². The first-order valence-electron chi connectivity index (χ1n) is 17.5. The molecule has 1 saturated heterocycles. The number of amides is 2. The number of carbonyl (C=O) groups is 3. The van der Waals surface area contributed by atoms with Crippen LogP contribution in [0.15, 0.2) is 109 Å². The molecule has 7 heteroatoms. The number of ether oxygens (including phenoxy) is 1. The summed E-state index contributed by atoms with van der Waals surface area (Å²) in [7, 11) is 1.78. The maximum absolute atomic E-state index is 13.5. The van der Waals surface area contributed by atoms with Gasteiger partial charge >= 0.3 is 0 Å². The molecule has 0 spiro atoms. The van der Waals surface area contributed by atoms with Crippen molar-refractivity contribution in [2.24, 2.45) is 0 Å². The van der Waals surface area contributed by atoms with E-state index in [1.807, 2.05) is 4.90 Å². The maximum atomic E-state index is 13.5. The van der Waals surface area contributed by atoms with E-state index >= 15 is 0 Å². The summed E-state index contributed by atoms with van der Waals surface area (Å²) in [6.07, 6.45) is 29.7. The van der Waals surface area contributed by atoms with Crippen LogP contribution in [0.4, 0.5) is 0 Å². The molecule has 0 N–H and O–H groups in total. The van der Waals surface area contributed by atoms with Gasteiger partial charge in [-0.15, -0.1) is 0 Å². The van der Waals surface area contributed by atoms with Crippen molar-refractivity contribution in [3.05, 3.63) is 125 Å². The van der Waals surface area contributed by atoms with Gasteiger partial charge in [-0.1, -0.05) is 79.3 Å². The number of unbranched alkanes of at least 4 members (excludes halogenated alkanes) is 1. The van der Waals surface area contributed by atoms with Gasteiger partial charge in [-0.3, -0.25) is 14.4 Å². The van der Waals surface area contributed by atoms with Crippen LogP contribution in [0.3, 0.4) is 0 Å². The molecule has 0 saturated carbocycles. The normalized spacial score (nSPS) is 15.4. The summed E-state index contributed by atoms with van der Waals surface area (Å²) in [6, 6.07) is 13.5. The lowest BCUT2D eigenvalue weighted by atomic mass is 10.0. The molecule has 1 atom stereocenters. The van der Waals surface area contributed by atoms with E-state index < -0.39 is 5.60 Å². The van der Waals surface area contributed by atoms with Gasteiger partial charge in [0.25, 0.3) is 5.91 Å². The zero-order chi connectivity index (χ0) is 35.5. The summed E-state index contributed by atoms with van der Waals surface area (Å²) in [5.41, 5.74) is -0.0659. The minimum absolute atomic E-state index is 0.0651. The third kappa shape index (κ3) is 13.7. The highest BCUT2D eigenvalue weighted by molar-refractivity contribution is 6.30. The lowest BCUT2D eigenvalue weighted by Gasteiger charge is -2.33. The fraction of sp³-hybridized carbons (Fsp3) is 0.405. The molecule has 0 unspecified atom stereocenters. The third-order valence-electron chi connectivity index (χ3n) is 8.41.